The van der Waals surface area contributed by atoms with Crippen LogP contribution in [0.4, 0.5) is 11.6 Å². The van der Waals surface area contributed by atoms with Crippen molar-refractivity contribution >= 4 is 11.6 Å². The first-order valence-corrected chi connectivity index (χ1v) is 7.36. The molecular formula is C17H19N5O. The van der Waals surface area contributed by atoms with Gasteiger partial charge in [0.25, 0.3) is 0 Å². The van der Waals surface area contributed by atoms with Crippen LogP contribution in [0.5, 0.6) is 0 Å². The fourth-order valence-electron chi connectivity index (χ4n) is 2.14. The smallest absolute Gasteiger partial charge is 0.140 e. The number of nitrogens with zero attached hydrogens (tertiary/aromatic N) is 4. The molecule has 3 rings (SSSR count). The summed E-state index contributed by atoms with van der Waals surface area (Å²) in [6.07, 6.45) is 5.17. The van der Waals surface area contributed by atoms with Crippen LogP contribution in [0.15, 0.2) is 49.1 Å². The number of aryl methyl sites for hydroxylation is 1. The zero-order chi connectivity index (χ0) is 16.4. The number of anilines is 2. The highest BCUT2D eigenvalue weighted by molar-refractivity contribution is 5.53. The third kappa shape index (κ3) is 3.54. The maximum absolute atomic E-state index is 10.0. The molecule has 0 saturated heterocycles. The molecular weight excluding hydrogens is 290 g/mol. The van der Waals surface area contributed by atoms with Gasteiger partial charge in [-0.25, -0.2) is 15.0 Å². The van der Waals surface area contributed by atoms with Gasteiger partial charge in [-0.3, -0.25) is 4.57 Å². The second-order valence-electron chi connectivity index (χ2n) is 5.95. The quantitative estimate of drug-likeness (QED) is 0.775. The van der Waals surface area contributed by atoms with Crippen LogP contribution in [0.3, 0.4) is 0 Å². The number of rotatable bonds is 4. The molecule has 0 unspecified atom stereocenters. The third-order valence-corrected chi connectivity index (χ3v) is 3.38. The number of nitrogens with one attached hydrogen (secondary N) is 1. The summed E-state index contributed by atoms with van der Waals surface area (Å²) in [5.41, 5.74) is 0.744. The standard InChI is InChI=1S/C17H19N5O/c1-12-7-8-18-15(9-12)20-14-5-4-6-16(21-14)22-10-13(19-11-22)17(2,3)23/h4-11,23H,1-3H3,(H,18,20,21). The summed E-state index contributed by atoms with van der Waals surface area (Å²) < 4.78 is 1.78. The molecule has 3 aromatic rings. The van der Waals surface area contributed by atoms with Gasteiger partial charge in [-0.2, -0.15) is 0 Å². The summed E-state index contributed by atoms with van der Waals surface area (Å²) in [6.45, 7) is 5.42. The summed E-state index contributed by atoms with van der Waals surface area (Å²) >= 11 is 0. The van der Waals surface area contributed by atoms with E-state index in [9.17, 15) is 5.11 Å². The lowest BCUT2D eigenvalue weighted by Crippen LogP contribution is -2.15. The van der Waals surface area contributed by atoms with Crippen molar-refractivity contribution in [2.45, 2.75) is 26.4 Å². The number of hydrogen-bond donors (Lipinski definition) is 2. The van der Waals surface area contributed by atoms with Gasteiger partial charge in [0.05, 0.1) is 5.69 Å². The van der Waals surface area contributed by atoms with Crippen molar-refractivity contribution in [1.82, 2.24) is 19.5 Å². The second-order valence-corrected chi connectivity index (χ2v) is 5.95. The molecule has 0 spiro atoms. The van der Waals surface area contributed by atoms with Gasteiger partial charge in [0.2, 0.25) is 0 Å². The fraction of sp³-hybridized carbons (Fsp3) is 0.235. The molecule has 3 aromatic heterocycles. The Morgan fingerprint density at radius 1 is 1.13 bits per heavy atom. The van der Waals surface area contributed by atoms with Gasteiger partial charge in [-0.15, -0.1) is 0 Å². The highest BCUT2D eigenvalue weighted by Crippen LogP contribution is 2.19. The molecule has 0 radical (unpaired) electrons. The molecule has 2 N–H and O–H groups in total. The Kier molecular flexibility index (Phi) is 3.83. The van der Waals surface area contributed by atoms with E-state index in [1.165, 1.54) is 0 Å². The fourth-order valence-corrected chi connectivity index (χ4v) is 2.14. The second kappa shape index (κ2) is 5.81. The molecule has 3 heterocycles. The first kappa shape index (κ1) is 15.2. The van der Waals surface area contributed by atoms with Gasteiger partial charge in [0.15, 0.2) is 0 Å². The number of hydrogen-bond acceptors (Lipinski definition) is 5. The molecule has 118 valence electrons. The molecule has 0 aliphatic heterocycles. The Bertz CT molecular complexity index is 820. The molecule has 0 aliphatic rings. The lowest BCUT2D eigenvalue weighted by molar-refractivity contribution is 0.0742. The Labute approximate surface area is 134 Å². The minimum Gasteiger partial charge on any atom is -0.384 e. The van der Waals surface area contributed by atoms with Crippen LogP contribution in [0.2, 0.25) is 0 Å². The Balaban J connectivity index is 1.86. The summed E-state index contributed by atoms with van der Waals surface area (Å²) in [7, 11) is 0. The van der Waals surface area contributed by atoms with Gasteiger partial charge >= 0.3 is 0 Å². The van der Waals surface area contributed by atoms with Crippen LogP contribution < -0.4 is 5.32 Å². The zero-order valence-electron chi connectivity index (χ0n) is 13.4. The normalized spacial score (nSPS) is 11.5. The molecule has 0 bridgehead atoms. The first-order chi connectivity index (χ1) is 10.9. The average Bonchev–Trinajstić information content (AvgIpc) is 2.97. The molecule has 6 nitrogen and oxygen atoms in total. The zero-order valence-corrected chi connectivity index (χ0v) is 13.4. The van der Waals surface area contributed by atoms with Crippen molar-refractivity contribution in [1.29, 1.82) is 0 Å². The maximum Gasteiger partial charge on any atom is 0.140 e. The summed E-state index contributed by atoms with van der Waals surface area (Å²) in [5, 5.41) is 13.2. The van der Waals surface area contributed by atoms with E-state index in [0.29, 0.717) is 17.3 Å². The minimum atomic E-state index is -0.980. The van der Waals surface area contributed by atoms with Gasteiger partial charge < -0.3 is 10.4 Å². The van der Waals surface area contributed by atoms with E-state index in [-0.39, 0.29) is 0 Å². The number of aromatic nitrogens is 4. The van der Waals surface area contributed by atoms with E-state index < -0.39 is 5.60 Å². The molecule has 6 heteroatoms. The lowest BCUT2D eigenvalue weighted by Gasteiger charge is -2.13. The van der Waals surface area contributed by atoms with Crippen LogP contribution >= 0.6 is 0 Å². The highest BCUT2D eigenvalue weighted by Gasteiger charge is 2.19. The molecule has 0 amide bonds. The summed E-state index contributed by atoms with van der Waals surface area (Å²) in [5.74, 6) is 2.15. The van der Waals surface area contributed by atoms with Crippen molar-refractivity contribution < 1.29 is 5.11 Å². The van der Waals surface area contributed by atoms with Crippen molar-refractivity contribution in [2.24, 2.45) is 0 Å². The highest BCUT2D eigenvalue weighted by atomic mass is 16.3. The monoisotopic (exact) mass is 309 g/mol. The summed E-state index contributed by atoms with van der Waals surface area (Å²) in [4.78, 5) is 13.1. The Hall–Kier alpha value is -2.73. The molecule has 0 aromatic carbocycles. The van der Waals surface area contributed by atoms with E-state index >= 15 is 0 Å². The largest absolute Gasteiger partial charge is 0.384 e. The molecule has 0 fully saturated rings. The topological polar surface area (TPSA) is 75.9 Å². The molecule has 0 saturated carbocycles. The predicted molar refractivity (Wildman–Crippen MR) is 88.9 cm³/mol. The third-order valence-electron chi connectivity index (χ3n) is 3.38. The van der Waals surface area contributed by atoms with E-state index in [2.05, 4.69) is 20.3 Å². The van der Waals surface area contributed by atoms with E-state index in [1.807, 2.05) is 37.3 Å². The maximum atomic E-state index is 10.0. The van der Waals surface area contributed by atoms with Gasteiger partial charge in [-0.1, -0.05) is 6.07 Å². The van der Waals surface area contributed by atoms with Gasteiger partial charge in [0.1, 0.15) is 29.4 Å². The van der Waals surface area contributed by atoms with Crippen LogP contribution in [0.1, 0.15) is 25.1 Å². The number of aliphatic hydroxyl groups is 1. The van der Waals surface area contributed by atoms with E-state index in [1.54, 1.807) is 37.1 Å². The Morgan fingerprint density at radius 3 is 2.65 bits per heavy atom. The Morgan fingerprint density at radius 2 is 1.96 bits per heavy atom. The van der Waals surface area contributed by atoms with Crippen molar-refractivity contribution in [2.75, 3.05) is 5.32 Å². The minimum absolute atomic E-state index is 0.595. The molecule has 23 heavy (non-hydrogen) atoms. The van der Waals surface area contributed by atoms with Crippen molar-refractivity contribution in [3.8, 4) is 5.82 Å². The summed E-state index contributed by atoms with van der Waals surface area (Å²) in [6, 6.07) is 9.56. The van der Waals surface area contributed by atoms with Gasteiger partial charge in [-0.05, 0) is 50.6 Å². The van der Waals surface area contributed by atoms with Gasteiger partial charge in [0, 0.05) is 12.4 Å². The SMILES string of the molecule is Cc1ccnc(Nc2cccc(-n3cnc(C(C)(C)O)c3)n2)c1. The van der Waals surface area contributed by atoms with Crippen LogP contribution in [0.25, 0.3) is 5.82 Å². The van der Waals surface area contributed by atoms with Crippen LogP contribution in [0, 0.1) is 6.92 Å². The predicted octanol–water partition coefficient (Wildman–Crippen LogP) is 2.94. The first-order valence-electron chi connectivity index (χ1n) is 7.36. The number of imidazole rings is 1. The lowest BCUT2D eigenvalue weighted by atomic mass is 10.1. The molecule has 0 atom stereocenters. The van der Waals surface area contributed by atoms with E-state index in [4.69, 9.17) is 0 Å². The van der Waals surface area contributed by atoms with Crippen molar-refractivity contribution in [3.05, 3.63) is 60.3 Å². The average molecular weight is 309 g/mol. The van der Waals surface area contributed by atoms with Crippen molar-refractivity contribution in [3.63, 3.8) is 0 Å². The van der Waals surface area contributed by atoms with Crippen LogP contribution in [-0.4, -0.2) is 24.6 Å². The number of pyridine rings is 2. The van der Waals surface area contributed by atoms with E-state index in [0.717, 1.165) is 11.4 Å². The van der Waals surface area contributed by atoms with Crippen LogP contribution in [-0.2, 0) is 5.60 Å². The molecule has 0 aliphatic carbocycles.